The molecule has 0 unspecified atom stereocenters. The number of allylic oxidation sites excluding steroid dienone is 9. The molecule has 0 spiro atoms. The maximum atomic E-state index is 4.21. The Balaban J connectivity index is 1.65. The summed E-state index contributed by atoms with van der Waals surface area (Å²) in [5.41, 5.74) is 15.3. The first kappa shape index (κ1) is 26.8. The molecule has 0 atom stereocenters. The van der Waals surface area contributed by atoms with Crippen molar-refractivity contribution in [1.82, 2.24) is 4.57 Å². The summed E-state index contributed by atoms with van der Waals surface area (Å²) in [6, 6.07) is 18.4. The predicted octanol–water partition coefficient (Wildman–Crippen LogP) is 11.4. The monoisotopic (exact) mass is 533 g/mol. The molecule has 0 N–H and O–H groups in total. The molecule has 4 aromatic rings. The first-order chi connectivity index (χ1) is 19.9. The second-order valence-electron chi connectivity index (χ2n) is 11.6. The summed E-state index contributed by atoms with van der Waals surface area (Å²) in [7, 11) is 0. The van der Waals surface area contributed by atoms with Crippen LogP contribution in [0.15, 0.2) is 104 Å². The Hall–Kier alpha value is -4.36. The van der Waals surface area contributed by atoms with Crippen molar-refractivity contribution in [2.24, 2.45) is 0 Å². The van der Waals surface area contributed by atoms with Gasteiger partial charge in [-0.15, -0.1) is 0 Å². The number of hydrogen-bond acceptors (Lipinski definition) is 0. The SMILES string of the molecule is C=Cc1ccc2c(c1C=C)c1ccc(C(/C=C\C)=C/CC)cc1n2/C(=C\C)c1ccc2c(c1)C(C)(C)C1=C2C=CC1. The second kappa shape index (κ2) is 10.2. The highest BCUT2D eigenvalue weighted by Gasteiger charge is 2.38. The molecular weight excluding hydrogens is 494 g/mol. The number of hydrogen-bond donors (Lipinski definition) is 0. The van der Waals surface area contributed by atoms with Crippen molar-refractivity contribution in [3.63, 3.8) is 0 Å². The molecule has 0 fully saturated rings. The first-order valence-corrected chi connectivity index (χ1v) is 14.8. The molecule has 41 heavy (non-hydrogen) atoms. The van der Waals surface area contributed by atoms with Crippen LogP contribution in [0.2, 0.25) is 0 Å². The number of fused-ring (bicyclic) bond motifs is 5. The lowest BCUT2D eigenvalue weighted by atomic mass is 9.79. The van der Waals surface area contributed by atoms with Crippen LogP contribution in [0.5, 0.6) is 0 Å². The van der Waals surface area contributed by atoms with Crippen molar-refractivity contribution in [2.75, 3.05) is 0 Å². The van der Waals surface area contributed by atoms with E-state index in [0.717, 1.165) is 24.0 Å². The minimum absolute atomic E-state index is 0.0260. The van der Waals surface area contributed by atoms with E-state index < -0.39 is 0 Å². The van der Waals surface area contributed by atoms with Gasteiger partial charge in [-0.25, -0.2) is 0 Å². The zero-order valence-corrected chi connectivity index (χ0v) is 25.0. The lowest BCUT2D eigenvalue weighted by Crippen LogP contribution is -2.17. The summed E-state index contributed by atoms with van der Waals surface area (Å²) < 4.78 is 2.46. The van der Waals surface area contributed by atoms with Gasteiger partial charge in [-0.1, -0.05) is 113 Å². The van der Waals surface area contributed by atoms with Crippen molar-refractivity contribution < 1.29 is 0 Å². The average Bonchev–Trinajstić information content (AvgIpc) is 3.66. The Bertz CT molecular complexity index is 1910. The fraction of sp³-hybridized carbons (Fsp3) is 0.200. The molecule has 2 aliphatic rings. The Morgan fingerprint density at radius 2 is 1.76 bits per heavy atom. The number of nitrogens with zero attached hydrogens (tertiary/aromatic N) is 1. The molecule has 204 valence electrons. The quantitative estimate of drug-likeness (QED) is 0.208. The van der Waals surface area contributed by atoms with Gasteiger partial charge in [0.2, 0.25) is 0 Å². The molecule has 1 heteroatoms. The highest BCUT2D eigenvalue weighted by atomic mass is 15.0. The van der Waals surface area contributed by atoms with Gasteiger partial charge in [0.25, 0.3) is 0 Å². The summed E-state index contributed by atoms with van der Waals surface area (Å²) >= 11 is 0. The number of benzene rings is 3. The van der Waals surface area contributed by atoms with Crippen molar-refractivity contribution in [3.05, 3.63) is 137 Å². The fourth-order valence-electron chi connectivity index (χ4n) is 7.06. The van der Waals surface area contributed by atoms with E-state index in [1.54, 1.807) is 5.57 Å². The minimum Gasteiger partial charge on any atom is -0.309 e. The predicted molar refractivity (Wildman–Crippen MR) is 182 cm³/mol. The van der Waals surface area contributed by atoms with Crippen molar-refractivity contribution in [1.29, 1.82) is 0 Å². The van der Waals surface area contributed by atoms with E-state index in [9.17, 15) is 0 Å². The molecular formula is C40H39N. The lowest BCUT2D eigenvalue weighted by Gasteiger charge is -2.25. The Labute approximate surface area is 244 Å². The van der Waals surface area contributed by atoms with Crippen LogP contribution in [0.25, 0.3) is 50.8 Å². The maximum absolute atomic E-state index is 4.21. The van der Waals surface area contributed by atoms with Crippen LogP contribution >= 0.6 is 0 Å². The van der Waals surface area contributed by atoms with E-state index >= 15 is 0 Å². The van der Waals surface area contributed by atoms with Gasteiger partial charge in [0.1, 0.15) is 0 Å². The van der Waals surface area contributed by atoms with E-state index in [-0.39, 0.29) is 5.41 Å². The highest BCUT2D eigenvalue weighted by Crippen LogP contribution is 2.51. The van der Waals surface area contributed by atoms with Crippen molar-refractivity contribution in [2.45, 2.75) is 52.9 Å². The van der Waals surface area contributed by atoms with E-state index in [2.05, 4.69) is 137 Å². The Kier molecular flexibility index (Phi) is 6.70. The van der Waals surface area contributed by atoms with Crippen molar-refractivity contribution >= 4 is 50.8 Å². The number of rotatable bonds is 7. The van der Waals surface area contributed by atoms with Crippen LogP contribution in [0.3, 0.4) is 0 Å². The molecule has 6 rings (SSSR count). The molecule has 0 amide bonds. The first-order valence-electron chi connectivity index (χ1n) is 14.8. The van der Waals surface area contributed by atoms with Gasteiger partial charge in [0.05, 0.1) is 11.0 Å². The van der Waals surface area contributed by atoms with Gasteiger partial charge >= 0.3 is 0 Å². The number of aromatic nitrogens is 1. The summed E-state index contributed by atoms with van der Waals surface area (Å²) in [4.78, 5) is 0. The zero-order chi connectivity index (χ0) is 28.9. The van der Waals surface area contributed by atoms with E-state index in [1.807, 2.05) is 12.2 Å². The van der Waals surface area contributed by atoms with E-state index in [0.29, 0.717) is 0 Å². The maximum Gasteiger partial charge on any atom is 0.0547 e. The van der Waals surface area contributed by atoms with Gasteiger partial charge in [-0.05, 0) is 95.0 Å². The third-order valence-electron chi connectivity index (χ3n) is 9.01. The molecule has 1 nitrogen and oxygen atoms in total. The smallest absolute Gasteiger partial charge is 0.0547 e. The van der Waals surface area contributed by atoms with E-state index in [4.69, 9.17) is 0 Å². The fourth-order valence-corrected chi connectivity index (χ4v) is 7.06. The lowest BCUT2D eigenvalue weighted by molar-refractivity contribution is 0.627. The van der Waals surface area contributed by atoms with Crippen LogP contribution in [-0.4, -0.2) is 4.57 Å². The van der Waals surface area contributed by atoms with Gasteiger partial charge in [-0.2, -0.15) is 0 Å². The molecule has 3 aromatic carbocycles. The van der Waals surface area contributed by atoms with Crippen LogP contribution < -0.4 is 0 Å². The third kappa shape index (κ3) is 3.98. The minimum atomic E-state index is 0.0260. The molecule has 0 radical (unpaired) electrons. The van der Waals surface area contributed by atoms with Crippen LogP contribution in [0.1, 0.15) is 80.8 Å². The van der Waals surface area contributed by atoms with Gasteiger partial charge in [0, 0.05) is 21.9 Å². The standard InChI is InChI=1S/C40H39N/c1-8-14-27(15-9-2)28-18-22-33-38(25-28)41(37-23-20-26(10-3)30(11-4)39(33)37)36(12-5)29-19-21-32-31-16-13-17-34(31)40(6,7)35(32)24-29/h8,10-16,18-25H,3-4,9,17H2,1-2,5-7H3/b14-8-,27-15+,36-12-. The van der Waals surface area contributed by atoms with Gasteiger partial charge in [0.15, 0.2) is 0 Å². The largest absolute Gasteiger partial charge is 0.309 e. The van der Waals surface area contributed by atoms with Crippen molar-refractivity contribution in [3.8, 4) is 0 Å². The molecule has 0 aliphatic heterocycles. The molecule has 0 saturated carbocycles. The van der Waals surface area contributed by atoms with Crippen LogP contribution in [-0.2, 0) is 5.41 Å². The van der Waals surface area contributed by atoms with Crippen LogP contribution in [0, 0.1) is 0 Å². The summed E-state index contributed by atoms with van der Waals surface area (Å²) in [6.07, 6.45) is 19.5. The highest BCUT2D eigenvalue weighted by molar-refractivity contribution is 6.15. The van der Waals surface area contributed by atoms with E-state index in [1.165, 1.54) is 60.9 Å². The normalized spacial score (nSPS) is 16.3. The Morgan fingerprint density at radius 1 is 0.951 bits per heavy atom. The second-order valence-corrected chi connectivity index (χ2v) is 11.6. The van der Waals surface area contributed by atoms with Gasteiger partial charge < -0.3 is 4.57 Å². The molecule has 2 aliphatic carbocycles. The zero-order valence-electron chi connectivity index (χ0n) is 25.0. The topological polar surface area (TPSA) is 4.93 Å². The third-order valence-corrected chi connectivity index (χ3v) is 9.01. The van der Waals surface area contributed by atoms with Crippen LogP contribution in [0.4, 0.5) is 0 Å². The molecule has 0 bridgehead atoms. The molecule has 1 heterocycles. The molecule has 0 saturated heterocycles. The molecule has 1 aromatic heterocycles. The average molecular weight is 534 g/mol. The van der Waals surface area contributed by atoms with Gasteiger partial charge in [-0.3, -0.25) is 0 Å². The summed E-state index contributed by atoms with van der Waals surface area (Å²) in [5.74, 6) is 0. The summed E-state index contributed by atoms with van der Waals surface area (Å²) in [6.45, 7) is 19.5. The summed E-state index contributed by atoms with van der Waals surface area (Å²) in [5, 5.41) is 2.45. The Morgan fingerprint density at radius 3 is 2.46 bits per heavy atom.